The molecule has 142 valence electrons. The highest BCUT2D eigenvalue weighted by Gasteiger charge is 2.55. The number of nitrogens with one attached hydrogen (secondary N) is 1. The quantitative estimate of drug-likeness (QED) is 0.491. The van der Waals surface area contributed by atoms with Gasteiger partial charge in [0.2, 0.25) is 6.19 Å². The van der Waals surface area contributed by atoms with Crippen molar-refractivity contribution >= 4 is 5.84 Å². The predicted octanol–water partition coefficient (Wildman–Crippen LogP) is 2.80. The van der Waals surface area contributed by atoms with Crippen LogP contribution in [0, 0.1) is 29.2 Å². The van der Waals surface area contributed by atoms with Gasteiger partial charge in [0.25, 0.3) is 0 Å². The number of benzene rings is 1. The van der Waals surface area contributed by atoms with Gasteiger partial charge in [-0.3, -0.25) is 4.90 Å². The molecule has 1 heterocycles. The summed E-state index contributed by atoms with van der Waals surface area (Å²) >= 11 is 0. The average Bonchev–Trinajstić information content (AvgIpc) is 3.06. The van der Waals surface area contributed by atoms with E-state index in [9.17, 15) is 10.4 Å². The van der Waals surface area contributed by atoms with Crippen molar-refractivity contribution < 1.29 is 5.11 Å². The first-order chi connectivity index (χ1) is 13.0. The highest BCUT2D eigenvalue weighted by Crippen LogP contribution is 2.55. The Hall–Kier alpha value is -1.90. The van der Waals surface area contributed by atoms with Gasteiger partial charge in [-0.15, -0.1) is 0 Å². The molecule has 0 radical (unpaired) electrons. The molecule has 4 bridgehead atoms. The minimum atomic E-state index is -0.427. The van der Waals surface area contributed by atoms with Gasteiger partial charge in [0.1, 0.15) is 5.84 Å². The summed E-state index contributed by atoms with van der Waals surface area (Å²) in [6, 6.07) is 8.99. The van der Waals surface area contributed by atoms with Gasteiger partial charge >= 0.3 is 0 Å². The van der Waals surface area contributed by atoms with Crippen molar-refractivity contribution in [3.63, 3.8) is 0 Å². The molecule has 2 N–H and O–H groups in total. The van der Waals surface area contributed by atoms with E-state index in [1.54, 1.807) is 0 Å². The molecule has 5 aliphatic rings. The van der Waals surface area contributed by atoms with Crippen molar-refractivity contribution in [2.75, 3.05) is 0 Å². The Balaban J connectivity index is 1.32. The predicted molar refractivity (Wildman–Crippen MR) is 104 cm³/mol. The van der Waals surface area contributed by atoms with Crippen LogP contribution in [0.5, 0.6) is 0 Å². The average molecular weight is 364 g/mol. The maximum atomic E-state index is 10.8. The van der Waals surface area contributed by atoms with Gasteiger partial charge in [0, 0.05) is 19.1 Å². The molecule has 1 aromatic rings. The molecule has 3 unspecified atom stereocenters. The standard InChI is InChI=1S/C22H28N4O/c1-14(26-11-16-4-2-3-5-17(16)12-26)21(24-13-23)25-20-18-6-15-7-19(20)10-22(27,8-15)9-18/h2-5,14-15,18-20,27H,6-12H2,1H3,(H,24,25). The summed E-state index contributed by atoms with van der Waals surface area (Å²) in [5, 5.41) is 23.8. The first-order valence-electron chi connectivity index (χ1n) is 10.3. The molecule has 0 saturated heterocycles. The monoisotopic (exact) mass is 364 g/mol. The van der Waals surface area contributed by atoms with E-state index in [-0.39, 0.29) is 6.04 Å². The van der Waals surface area contributed by atoms with Crippen LogP contribution in [0.3, 0.4) is 0 Å². The number of aliphatic imine (C=N–C) groups is 1. The Morgan fingerprint density at radius 1 is 1.22 bits per heavy atom. The normalized spacial score (nSPS) is 38.5. The van der Waals surface area contributed by atoms with Crippen molar-refractivity contribution in [2.24, 2.45) is 22.7 Å². The van der Waals surface area contributed by atoms with Crippen LogP contribution < -0.4 is 5.32 Å². The number of amidine groups is 1. The highest BCUT2D eigenvalue weighted by molar-refractivity contribution is 5.88. The molecule has 3 atom stereocenters. The van der Waals surface area contributed by atoms with Gasteiger partial charge in [-0.05, 0) is 67.9 Å². The zero-order valence-corrected chi connectivity index (χ0v) is 15.9. The molecule has 27 heavy (non-hydrogen) atoms. The number of nitriles is 1. The fourth-order valence-electron chi connectivity index (χ4n) is 6.49. The molecule has 0 spiro atoms. The van der Waals surface area contributed by atoms with Crippen LogP contribution in [0.1, 0.15) is 50.2 Å². The van der Waals surface area contributed by atoms with E-state index in [0.717, 1.165) is 38.2 Å². The maximum Gasteiger partial charge on any atom is 0.207 e. The zero-order chi connectivity index (χ0) is 18.6. The van der Waals surface area contributed by atoms with E-state index in [4.69, 9.17) is 0 Å². The Bertz CT molecular complexity index is 772. The summed E-state index contributed by atoms with van der Waals surface area (Å²) in [5.41, 5.74) is 2.32. The fraction of sp³-hybridized carbons (Fsp3) is 0.636. The second kappa shape index (κ2) is 6.32. The lowest BCUT2D eigenvalue weighted by Crippen LogP contribution is -2.63. The first-order valence-corrected chi connectivity index (χ1v) is 10.3. The molecule has 5 nitrogen and oxygen atoms in total. The number of aliphatic hydroxyl groups is 1. The van der Waals surface area contributed by atoms with Gasteiger partial charge in [-0.25, -0.2) is 0 Å². The summed E-state index contributed by atoms with van der Waals surface area (Å²) < 4.78 is 0. The third kappa shape index (κ3) is 2.96. The number of hydrogen-bond acceptors (Lipinski definition) is 4. The van der Waals surface area contributed by atoms with Crippen molar-refractivity contribution in [2.45, 2.75) is 69.8 Å². The number of hydrogen-bond donors (Lipinski definition) is 2. The van der Waals surface area contributed by atoms with E-state index in [1.165, 1.54) is 24.0 Å². The lowest BCUT2D eigenvalue weighted by atomic mass is 9.52. The lowest BCUT2D eigenvalue weighted by Gasteiger charge is -2.58. The SMILES string of the molecule is CC(/C(=N\C#N)NC1C2CC3CC1CC(O)(C3)C2)N1Cc2ccccc2C1. The Kier molecular flexibility index (Phi) is 4.03. The second-order valence-corrected chi connectivity index (χ2v) is 9.31. The minimum Gasteiger partial charge on any atom is -0.390 e. The van der Waals surface area contributed by atoms with Gasteiger partial charge < -0.3 is 10.4 Å². The molecule has 5 heteroatoms. The Morgan fingerprint density at radius 2 is 1.85 bits per heavy atom. The molecule has 4 saturated carbocycles. The van der Waals surface area contributed by atoms with Crippen LogP contribution >= 0.6 is 0 Å². The Morgan fingerprint density at radius 3 is 2.41 bits per heavy atom. The summed E-state index contributed by atoms with van der Waals surface area (Å²) in [5.74, 6) is 2.50. The van der Waals surface area contributed by atoms with Crippen LogP contribution in [0.15, 0.2) is 29.3 Å². The van der Waals surface area contributed by atoms with Crippen molar-refractivity contribution in [1.82, 2.24) is 10.2 Å². The molecule has 0 amide bonds. The van der Waals surface area contributed by atoms with Crippen LogP contribution in [0.25, 0.3) is 0 Å². The topological polar surface area (TPSA) is 71.6 Å². The van der Waals surface area contributed by atoms with Gasteiger partial charge in [0.05, 0.1) is 11.6 Å². The number of nitrogens with zero attached hydrogens (tertiary/aromatic N) is 3. The largest absolute Gasteiger partial charge is 0.390 e. The Labute approximate surface area is 161 Å². The second-order valence-electron chi connectivity index (χ2n) is 9.31. The molecule has 4 aliphatic carbocycles. The zero-order valence-electron chi connectivity index (χ0n) is 15.9. The number of fused-ring (bicyclic) bond motifs is 1. The third-order valence-corrected chi connectivity index (χ3v) is 7.53. The van der Waals surface area contributed by atoms with Crippen molar-refractivity contribution in [1.29, 1.82) is 5.26 Å². The summed E-state index contributed by atoms with van der Waals surface area (Å²) in [7, 11) is 0. The lowest BCUT2D eigenvalue weighted by molar-refractivity contribution is -0.136. The van der Waals surface area contributed by atoms with Crippen LogP contribution in [0.2, 0.25) is 0 Å². The van der Waals surface area contributed by atoms with Gasteiger partial charge in [-0.2, -0.15) is 10.3 Å². The van der Waals surface area contributed by atoms with Gasteiger partial charge in [-0.1, -0.05) is 24.3 Å². The summed E-state index contributed by atoms with van der Waals surface area (Å²) in [6.45, 7) is 3.96. The van der Waals surface area contributed by atoms with E-state index >= 15 is 0 Å². The van der Waals surface area contributed by atoms with Gasteiger partial charge in [0.15, 0.2) is 0 Å². The first kappa shape index (κ1) is 17.2. The smallest absolute Gasteiger partial charge is 0.207 e. The molecular weight excluding hydrogens is 336 g/mol. The minimum absolute atomic E-state index is 0.0809. The fourth-order valence-corrected chi connectivity index (χ4v) is 6.49. The van der Waals surface area contributed by atoms with E-state index in [2.05, 4.69) is 46.4 Å². The summed E-state index contributed by atoms with van der Waals surface area (Å²) in [4.78, 5) is 6.59. The molecule has 1 aliphatic heterocycles. The molecule has 1 aromatic carbocycles. The molecular formula is C22H28N4O. The molecule has 4 fully saturated rings. The van der Waals surface area contributed by atoms with E-state index in [1.807, 2.05) is 6.19 Å². The van der Waals surface area contributed by atoms with Crippen LogP contribution in [0.4, 0.5) is 0 Å². The van der Waals surface area contributed by atoms with Crippen molar-refractivity contribution in [3.8, 4) is 6.19 Å². The molecule has 0 aromatic heterocycles. The van der Waals surface area contributed by atoms with Crippen LogP contribution in [-0.2, 0) is 13.1 Å². The van der Waals surface area contributed by atoms with Crippen LogP contribution in [-0.4, -0.2) is 33.5 Å². The van der Waals surface area contributed by atoms with Crippen molar-refractivity contribution in [3.05, 3.63) is 35.4 Å². The third-order valence-electron chi connectivity index (χ3n) is 7.53. The summed E-state index contributed by atoms with van der Waals surface area (Å²) in [6.07, 6.45) is 7.24. The maximum absolute atomic E-state index is 10.8. The molecule has 6 rings (SSSR count). The van der Waals surface area contributed by atoms with E-state index in [0.29, 0.717) is 23.8 Å². The highest BCUT2D eigenvalue weighted by atomic mass is 16.3. The van der Waals surface area contributed by atoms with E-state index < -0.39 is 5.60 Å². The number of rotatable bonds is 3.